The number of rotatable bonds is 5. The highest BCUT2D eigenvalue weighted by Gasteiger charge is 2.24. The van der Waals surface area contributed by atoms with Crippen LogP contribution in [-0.4, -0.2) is 28.1 Å². The maximum atomic E-state index is 12.0. The van der Waals surface area contributed by atoms with Crippen LogP contribution in [0.5, 0.6) is 0 Å². The predicted molar refractivity (Wildman–Crippen MR) is 71.1 cm³/mol. The second-order valence-electron chi connectivity index (χ2n) is 4.76. The number of hydrogen-bond donors (Lipinski definition) is 2. The second-order valence-corrected chi connectivity index (χ2v) is 4.76. The molecule has 1 unspecified atom stereocenters. The summed E-state index contributed by atoms with van der Waals surface area (Å²) < 4.78 is 0. The van der Waals surface area contributed by atoms with E-state index in [0.717, 1.165) is 0 Å². The average Bonchev–Trinajstić information content (AvgIpc) is 2.35. The molecule has 6 nitrogen and oxygen atoms in total. The Bertz CT molecular complexity index is 497. The summed E-state index contributed by atoms with van der Waals surface area (Å²) in [4.78, 5) is 22.4. The number of aliphatic hydroxyl groups is 1. The van der Waals surface area contributed by atoms with Crippen molar-refractivity contribution in [2.75, 3.05) is 6.54 Å². The SMILES string of the molecule is CCC(C)(O)CNC(=O)c1cccc(C)c1[N+](=O)[O-]. The van der Waals surface area contributed by atoms with Crippen LogP contribution in [0.1, 0.15) is 36.2 Å². The van der Waals surface area contributed by atoms with Crippen LogP contribution in [0.25, 0.3) is 0 Å². The van der Waals surface area contributed by atoms with Crippen LogP contribution in [0, 0.1) is 17.0 Å². The van der Waals surface area contributed by atoms with Gasteiger partial charge in [-0.1, -0.05) is 19.1 Å². The third-order valence-electron chi connectivity index (χ3n) is 3.06. The van der Waals surface area contributed by atoms with Crippen molar-refractivity contribution >= 4 is 11.6 Å². The molecule has 1 aromatic carbocycles. The van der Waals surface area contributed by atoms with Gasteiger partial charge in [-0.05, 0) is 26.3 Å². The molecule has 0 fully saturated rings. The number of amides is 1. The number of carbonyl (C=O) groups excluding carboxylic acids is 1. The molecule has 0 aliphatic heterocycles. The fourth-order valence-electron chi connectivity index (χ4n) is 1.58. The van der Waals surface area contributed by atoms with E-state index in [1.165, 1.54) is 6.07 Å². The van der Waals surface area contributed by atoms with Crippen molar-refractivity contribution in [1.82, 2.24) is 5.32 Å². The second kappa shape index (κ2) is 5.79. The van der Waals surface area contributed by atoms with E-state index in [0.29, 0.717) is 12.0 Å². The van der Waals surface area contributed by atoms with Crippen LogP contribution < -0.4 is 5.32 Å². The van der Waals surface area contributed by atoms with Gasteiger partial charge in [-0.3, -0.25) is 14.9 Å². The Balaban J connectivity index is 2.95. The first-order valence-electron chi connectivity index (χ1n) is 6.03. The van der Waals surface area contributed by atoms with Crippen LogP contribution in [0.15, 0.2) is 18.2 Å². The molecule has 2 N–H and O–H groups in total. The topological polar surface area (TPSA) is 92.5 Å². The molecule has 6 heteroatoms. The fourth-order valence-corrected chi connectivity index (χ4v) is 1.58. The summed E-state index contributed by atoms with van der Waals surface area (Å²) in [5.41, 5.74) is -0.776. The molecule has 0 aromatic heterocycles. The lowest BCUT2D eigenvalue weighted by atomic mass is 10.0. The van der Waals surface area contributed by atoms with Crippen LogP contribution in [0.3, 0.4) is 0 Å². The molecule has 0 saturated carbocycles. The smallest absolute Gasteiger partial charge is 0.285 e. The number of aryl methyl sites for hydroxylation is 1. The van der Waals surface area contributed by atoms with Crippen LogP contribution in [-0.2, 0) is 0 Å². The third kappa shape index (κ3) is 3.75. The fraction of sp³-hybridized carbons (Fsp3) is 0.462. The summed E-state index contributed by atoms with van der Waals surface area (Å²) in [7, 11) is 0. The lowest BCUT2D eigenvalue weighted by molar-refractivity contribution is -0.385. The van der Waals surface area contributed by atoms with Gasteiger partial charge in [-0.15, -0.1) is 0 Å². The molecule has 0 aliphatic carbocycles. The zero-order valence-electron chi connectivity index (χ0n) is 11.3. The van der Waals surface area contributed by atoms with Gasteiger partial charge in [0.05, 0.1) is 10.5 Å². The van der Waals surface area contributed by atoms with Crippen molar-refractivity contribution in [3.05, 3.63) is 39.4 Å². The highest BCUT2D eigenvalue weighted by molar-refractivity contribution is 5.98. The summed E-state index contributed by atoms with van der Waals surface area (Å²) in [5, 5.41) is 23.3. The van der Waals surface area contributed by atoms with Crippen molar-refractivity contribution in [3.8, 4) is 0 Å². The Kier molecular flexibility index (Phi) is 4.61. The maximum absolute atomic E-state index is 12.0. The van der Waals surface area contributed by atoms with E-state index >= 15 is 0 Å². The van der Waals surface area contributed by atoms with Gasteiger partial charge < -0.3 is 10.4 Å². The van der Waals surface area contributed by atoms with Crippen molar-refractivity contribution in [2.24, 2.45) is 0 Å². The number of benzene rings is 1. The monoisotopic (exact) mass is 266 g/mol. The molecular formula is C13H18N2O4. The van der Waals surface area contributed by atoms with Gasteiger partial charge in [0.15, 0.2) is 0 Å². The van der Waals surface area contributed by atoms with Gasteiger partial charge in [0.25, 0.3) is 11.6 Å². The molecule has 0 bridgehead atoms. The lowest BCUT2D eigenvalue weighted by Gasteiger charge is -2.21. The molecule has 1 rings (SSSR count). The molecule has 0 radical (unpaired) electrons. The predicted octanol–water partition coefficient (Wildman–Crippen LogP) is 1.79. The van der Waals surface area contributed by atoms with Gasteiger partial charge >= 0.3 is 0 Å². The number of nitrogens with zero attached hydrogens (tertiary/aromatic N) is 1. The van der Waals surface area contributed by atoms with Crippen LogP contribution in [0.2, 0.25) is 0 Å². The highest BCUT2D eigenvalue weighted by atomic mass is 16.6. The lowest BCUT2D eigenvalue weighted by Crippen LogP contribution is -2.40. The Morgan fingerprint density at radius 3 is 2.68 bits per heavy atom. The van der Waals surface area contributed by atoms with E-state index in [-0.39, 0.29) is 17.8 Å². The molecule has 19 heavy (non-hydrogen) atoms. The molecule has 0 saturated heterocycles. The van der Waals surface area contributed by atoms with Crippen molar-refractivity contribution in [3.63, 3.8) is 0 Å². The summed E-state index contributed by atoms with van der Waals surface area (Å²) in [6.45, 7) is 5.02. The number of carbonyl (C=O) groups is 1. The summed E-state index contributed by atoms with van der Waals surface area (Å²) in [5.74, 6) is -0.552. The van der Waals surface area contributed by atoms with Crippen LogP contribution >= 0.6 is 0 Å². The number of hydrogen-bond acceptors (Lipinski definition) is 4. The molecule has 1 atom stereocenters. The number of nitro groups is 1. The normalized spacial score (nSPS) is 13.7. The van der Waals surface area contributed by atoms with Gasteiger partial charge in [0.1, 0.15) is 5.56 Å². The van der Waals surface area contributed by atoms with E-state index in [1.807, 2.05) is 0 Å². The Morgan fingerprint density at radius 1 is 1.53 bits per heavy atom. The third-order valence-corrected chi connectivity index (χ3v) is 3.06. The minimum atomic E-state index is -1.02. The number of para-hydroxylation sites is 1. The molecule has 0 spiro atoms. The first-order valence-corrected chi connectivity index (χ1v) is 6.03. The van der Waals surface area contributed by atoms with E-state index in [4.69, 9.17) is 0 Å². The molecule has 1 amide bonds. The van der Waals surface area contributed by atoms with Gasteiger partial charge in [0, 0.05) is 12.1 Å². The van der Waals surface area contributed by atoms with E-state index in [9.17, 15) is 20.0 Å². The van der Waals surface area contributed by atoms with Crippen molar-refractivity contribution in [2.45, 2.75) is 32.8 Å². The summed E-state index contributed by atoms with van der Waals surface area (Å²) in [6, 6.07) is 4.58. The zero-order chi connectivity index (χ0) is 14.6. The molecule has 0 heterocycles. The number of nitrogens with one attached hydrogen (secondary N) is 1. The Morgan fingerprint density at radius 2 is 2.16 bits per heavy atom. The first kappa shape index (κ1) is 15.1. The van der Waals surface area contributed by atoms with Gasteiger partial charge in [-0.2, -0.15) is 0 Å². The van der Waals surface area contributed by atoms with Gasteiger partial charge in [-0.25, -0.2) is 0 Å². The zero-order valence-corrected chi connectivity index (χ0v) is 11.3. The Hall–Kier alpha value is -1.95. The largest absolute Gasteiger partial charge is 0.388 e. The van der Waals surface area contributed by atoms with Crippen LogP contribution in [0.4, 0.5) is 5.69 Å². The summed E-state index contributed by atoms with van der Waals surface area (Å²) >= 11 is 0. The molecule has 104 valence electrons. The summed E-state index contributed by atoms with van der Waals surface area (Å²) in [6.07, 6.45) is 0.475. The molecular weight excluding hydrogens is 248 g/mol. The average molecular weight is 266 g/mol. The molecule has 1 aromatic rings. The van der Waals surface area contributed by atoms with E-state index < -0.39 is 16.4 Å². The molecule has 0 aliphatic rings. The minimum absolute atomic E-state index is 0.0110. The van der Waals surface area contributed by atoms with E-state index in [2.05, 4.69) is 5.32 Å². The van der Waals surface area contributed by atoms with Crippen molar-refractivity contribution < 1.29 is 14.8 Å². The quantitative estimate of drug-likeness (QED) is 0.627. The standard InChI is InChI=1S/C13H18N2O4/c1-4-13(3,17)8-14-12(16)10-7-5-6-9(2)11(10)15(18)19/h5-7,17H,4,8H2,1-3H3,(H,14,16). The highest BCUT2D eigenvalue weighted by Crippen LogP contribution is 2.23. The maximum Gasteiger partial charge on any atom is 0.285 e. The Labute approximate surface area is 111 Å². The number of nitro benzene ring substituents is 1. The van der Waals surface area contributed by atoms with Crippen molar-refractivity contribution in [1.29, 1.82) is 0 Å². The van der Waals surface area contributed by atoms with E-state index in [1.54, 1.807) is 32.9 Å². The minimum Gasteiger partial charge on any atom is -0.388 e. The first-order chi connectivity index (χ1) is 8.78. The van der Waals surface area contributed by atoms with Gasteiger partial charge in [0.2, 0.25) is 0 Å².